The highest BCUT2D eigenvalue weighted by Gasteiger charge is 2.30. The number of carbonyl (C=O) groups is 2. The highest BCUT2D eigenvalue weighted by atomic mass is 19.4. The molecule has 27 heavy (non-hydrogen) atoms. The molecule has 0 aliphatic heterocycles. The van der Waals surface area contributed by atoms with Crippen molar-refractivity contribution in [2.45, 2.75) is 12.8 Å². The summed E-state index contributed by atoms with van der Waals surface area (Å²) >= 11 is 0. The summed E-state index contributed by atoms with van der Waals surface area (Å²) in [5, 5.41) is 2.30. The van der Waals surface area contributed by atoms with Crippen molar-refractivity contribution < 1.29 is 27.5 Å². The first-order valence-corrected chi connectivity index (χ1v) is 7.86. The molecule has 140 valence electrons. The van der Waals surface area contributed by atoms with Crippen molar-refractivity contribution in [3.05, 3.63) is 71.7 Å². The fraction of sp³-hybridized carbons (Fsp3) is 0.167. The first-order chi connectivity index (χ1) is 12.8. The molecular weight excluding hydrogens is 363 g/mol. The Morgan fingerprint density at radius 3 is 2.52 bits per heavy atom. The predicted octanol–water partition coefficient (Wildman–Crippen LogP) is 2.83. The smallest absolute Gasteiger partial charge is 0.416 e. The van der Waals surface area contributed by atoms with Crippen molar-refractivity contribution in [2.24, 2.45) is 0 Å². The summed E-state index contributed by atoms with van der Waals surface area (Å²) in [7, 11) is 0. The highest BCUT2D eigenvalue weighted by Crippen LogP contribution is 2.29. The van der Waals surface area contributed by atoms with Crippen LogP contribution in [0.4, 0.5) is 13.2 Å². The van der Waals surface area contributed by atoms with Gasteiger partial charge in [-0.05, 0) is 36.4 Å². The van der Waals surface area contributed by atoms with Crippen molar-refractivity contribution in [2.75, 3.05) is 6.54 Å². The van der Waals surface area contributed by atoms with Gasteiger partial charge in [-0.2, -0.15) is 13.2 Å². The maximum absolute atomic E-state index is 12.5. The van der Waals surface area contributed by atoms with E-state index in [4.69, 9.17) is 4.74 Å². The van der Waals surface area contributed by atoms with E-state index in [9.17, 15) is 22.8 Å². The number of imidazole rings is 1. The van der Waals surface area contributed by atoms with Gasteiger partial charge in [-0.1, -0.05) is 6.07 Å². The lowest BCUT2D eigenvalue weighted by Gasteiger charge is -2.08. The average Bonchev–Trinajstić information content (AvgIpc) is 3.07. The molecule has 0 radical (unpaired) electrons. The molecule has 3 aromatic rings. The Kier molecular flexibility index (Phi) is 5.11. The molecule has 0 fully saturated rings. The number of nitrogens with one attached hydrogen (secondary N) is 1. The van der Waals surface area contributed by atoms with Crippen molar-refractivity contribution in [1.82, 2.24) is 14.7 Å². The lowest BCUT2D eigenvalue weighted by atomic mass is 10.1. The fourth-order valence-electron chi connectivity index (χ4n) is 2.33. The molecule has 2 aromatic heterocycles. The van der Waals surface area contributed by atoms with Gasteiger partial charge in [-0.3, -0.25) is 9.59 Å². The lowest BCUT2D eigenvalue weighted by Crippen LogP contribution is -2.30. The minimum absolute atomic E-state index is 0.0103. The number of hydrogen-bond acceptors (Lipinski definition) is 4. The van der Waals surface area contributed by atoms with Crippen molar-refractivity contribution in [3.63, 3.8) is 0 Å². The molecule has 1 N–H and O–H groups in total. The number of pyridine rings is 1. The summed E-state index contributed by atoms with van der Waals surface area (Å²) in [6.45, 7) is -0.468. The zero-order valence-electron chi connectivity index (χ0n) is 13.9. The number of carbonyl (C=O) groups excluding carboxylic acids is 2. The van der Waals surface area contributed by atoms with Crippen LogP contribution in [0, 0.1) is 0 Å². The Morgan fingerprint density at radius 2 is 1.85 bits per heavy atom. The van der Waals surface area contributed by atoms with Crippen LogP contribution in [-0.2, 0) is 22.3 Å². The molecule has 0 saturated carbocycles. The van der Waals surface area contributed by atoms with Gasteiger partial charge in [0.2, 0.25) is 0 Å². The molecule has 9 heteroatoms. The number of fused-ring (bicyclic) bond motifs is 1. The van der Waals surface area contributed by atoms with Gasteiger partial charge >= 0.3 is 12.1 Å². The molecular formula is C18H14F3N3O3. The van der Waals surface area contributed by atoms with Crippen LogP contribution < -0.4 is 5.32 Å². The van der Waals surface area contributed by atoms with Crippen LogP contribution in [0.15, 0.2) is 54.9 Å². The third-order valence-corrected chi connectivity index (χ3v) is 3.66. The zero-order chi connectivity index (χ0) is 19.4. The largest absolute Gasteiger partial charge is 0.458 e. The van der Waals surface area contributed by atoms with E-state index in [0.717, 1.165) is 24.3 Å². The van der Waals surface area contributed by atoms with Crippen molar-refractivity contribution >= 4 is 17.5 Å². The van der Waals surface area contributed by atoms with Crippen LogP contribution in [0.25, 0.3) is 5.65 Å². The minimum atomic E-state index is -4.48. The molecule has 0 aliphatic rings. The summed E-state index contributed by atoms with van der Waals surface area (Å²) in [6, 6.07) is 9.15. The fourth-order valence-corrected chi connectivity index (χ4v) is 2.33. The Balaban J connectivity index is 1.49. The molecule has 0 atom stereocenters. The number of esters is 1. The average molecular weight is 377 g/mol. The van der Waals surface area contributed by atoms with E-state index in [-0.39, 0.29) is 12.2 Å². The maximum atomic E-state index is 12.5. The number of aromatic nitrogens is 2. The molecule has 1 aromatic carbocycles. The number of ether oxygens (including phenoxy) is 1. The summed E-state index contributed by atoms with van der Waals surface area (Å²) in [5.41, 5.74) is 0.407. The second-order valence-corrected chi connectivity index (χ2v) is 5.62. The number of hydrogen-bond donors (Lipinski definition) is 1. The summed E-state index contributed by atoms with van der Waals surface area (Å²) in [5.74, 6) is -1.36. The van der Waals surface area contributed by atoms with Crippen LogP contribution in [-0.4, -0.2) is 27.8 Å². The Hall–Kier alpha value is -3.36. The van der Waals surface area contributed by atoms with Gasteiger partial charge in [0.15, 0.2) is 0 Å². The summed E-state index contributed by atoms with van der Waals surface area (Å²) < 4.78 is 44.3. The number of rotatable bonds is 5. The van der Waals surface area contributed by atoms with E-state index in [1.54, 1.807) is 22.9 Å². The van der Waals surface area contributed by atoms with Crippen LogP contribution in [0.2, 0.25) is 0 Å². The Morgan fingerprint density at radius 1 is 1.11 bits per heavy atom. The molecule has 6 nitrogen and oxygen atoms in total. The second kappa shape index (κ2) is 7.48. The van der Waals surface area contributed by atoms with E-state index in [1.165, 1.54) is 0 Å². The van der Waals surface area contributed by atoms with Gasteiger partial charge in [0.25, 0.3) is 5.91 Å². The summed E-state index contributed by atoms with van der Waals surface area (Å²) in [4.78, 5) is 27.9. The van der Waals surface area contributed by atoms with Gasteiger partial charge in [0, 0.05) is 18.0 Å². The van der Waals surface area contributed by atoms with Gasteiger partial charge in [-0.15, -0.1) is 0 Å². The predicted molar refractivity (Wildman–Crippen MR) is 88.8 cm³/mol. The number of alkyl halides is 3. The number of halogens is 3. The standard InChI is InChI=1S/C18H14F3N3O3/c19-18(20,21)13-6-4-12(5-7-13)17(26)22-9-16(25)27-11-14-10-24-8-2-1-3-15(24)23-14/h1-8,10H,9,11H2,(H,22,26). The number of benzene rings is 1. The molecule has 1 amide bonds. The van der Waals surface area contributed by atoms with Gasteiger partial charge < -0.3 is 14.5 Å². The Bertz CT molecular complexity index is 932. The lowest BCUT2D eigenvalue weighted by molar-refractivity contribution is -0.143. The monoisotopic (exact) mass is 377 g/mol. The van der Waals surface area contributed by atoms with Gasteiger partial charge in [-0.25, -0.2) is 4.98 Å². The van der Waals surface area contributed by atoms with E-state index in [0.29, 0.717) is 11.3 Å². The highest BCUT2D eigenvalue weighted by molar-refractivity contribution is 5.95. The molecule has 2 heterocycles. The first kappa shape index (κ1) is 18.4. The molecule has 0 unspecified atom stereocenters. The van der Waals surface area contributed by atoms with E-state index >= 15 is 0 Å². The van der Waals surface area contributed by atoms with Gasteiger partial charge in [0.05, 0.1) is 11.3 Å². The normalized spacial score (nSPS) is 11.4. The third-order valence-electron chi connectivity index (χ3n) is 3.66. The third kappa shape index (κ3) is 4.63. The van der Waals surface area contributed by atoms with Crippen molar-refractivity contribution in [3.8, 4) is 0 Å². The van der Waals surface area contributed by atoms with Crippen molar-refractivity contribution in [1.29, 1.82) is 0 Å². The first-order valence-electron chi connectivity index (χ1n) is 7.86. The summed E-state index contributed by atoms with van der Waals surface area (Å²) in [6.07, 6.45) is -0.960. The van der Waals surface area contributed by atoms with Crippen LogP contribution in [0.3, 0.4) is 0 Å². The second-order valence-electron chi connectivity index (χ2n) is 5.62. The number of amides is 1. The van der Waals surface area contributed by atoms with Gasteiger partial charge in [0.1, 0.15) is 18.8 Å². The molecule has 0 spiro atoms. The van der Waals surface area contributed by atoms with E-state index in [2.05, 4.69) is 10.3 Å². The quantitative estimate of drug-likeness (QED) is 0.694. The maximum Gasteiger partial charge on any atom is 0.416 e. The Labute approximate surface area is 151 Å². The van der Waals surface area contributed by atoms with Crippen LogP contribution >= 0.6 is 0 Å². The SMILES string of the molecule is O=C(CNC(=O)c1ccc(C(F)(F)F)cc1)OCc1cn2ccccc2n1. The minimum Gasteiger partial charge on any atom is -0.458 e. The zero-order valence-corrected chi connectivity index (χ0v) is 13.9. The van der Waals surface area contributed by atoms with E-state index in [1.807, 2.05) is 12.1 Å². The van der Waals surface area contributed by atoms with Crippen LogP contribution in [0.5, 0.6) is 0 Å². The molecule has 0 bridgehead atoms. The molecule has 0 aliphatic carbocycles. The van der Waals surface area contributed by atoms with E-state index < -0.39 is 30.2 Å². The van der Waals surface area contributed by atoms with Crippen LogP contribution in [0.1, 0.15) is 21.6 Å². The molecule has 0 saturated heterocycles. The number of nitrogens with zero attached hydrogens (tertiary/aromatic N) is 2. The molecule has 3 rings (SSSR count). The topological polar surface area (TPSA) is 72.7 Å².